The fraction of sp³-hybridized carbons (Fsp3) is 0.933. The third kappa shape index (κ3) is 5.49. The quantitative estimate of drug-likeness (QED) is 0.742. The zero-order valence-electron chi connectivity index (χ0n) is 12.3. The van der Waals surface area contributed by atoms with Gasteiger partial charge >= 0.3 is 0 Å². The molecule has 1 atom stereocenters. The van der Waals surface area contributed by atoms with Crippen LogP contribution in [-0.4, -0.2) is 49.6 Å². The Labute approximate surface area is 117 Å². The van der Waals surface area contributed by atoms with E-state index in [1.165, 1.54) is 51.4 Å². The highest BCUT2D eigenvalue weighted by molar-refractivity contribution is 5.78. The van der Waals surface area contributed by atoms with Crippen molar-refractivity contribution < 1.29 is 4.79 Å². The molecule has 1 amide bonds. The van der Waals surface area contributed by atoms with Crippen LogP contribution in [0.1, 0.15) is 51.4 Å². The molecule has 110 valence electrons. The van der Waals surface area contributed by atoms with E-state index in [1.54, 1.807) is 0 Å². The smallest absolute Gasteiger partial charge is 0.234 e. The van der Waals surface area contributed by atoms with E-state index < -0.39 is 0 Å². The Morgan fingerprint density at radius 3 is 2.53 bits per heavy atom. The van der Waals surface area contributed by atoms with Crippen LogP contribution < -0.4 is 10.6 Å². The predicted molar refractivity (Wildman–Crippen MR) is 78.2 cm³/mol. The molecule has 1 saturated heterocycles. The van der Waals surface area contributed by atoms with Gasteiger partial charge in [-0.1, -0.05) is 25.7 Å². The number of nitrogens with zero attached hydrogens (tertiary/aromatic N) is 1. The van der Waals surface area contributed by atoms with Gasteiger partial charge in [0.15, 0.2) is 0 Å². The fourth-order valence-electron chi connectivity index (χ4n) is 3.30. The second kappa shape index (κ2) is 7.85. The fourth-order valence-corrected chi connectivity index (χ4v) is 3.30. The van der Waals surface area contributed by atoms with Gasteiger partial charge < -0.3 is 10.6 Å². The molecule has 1 saturated carbocycles. The lowest BCUT2D eigenvalue weighted by molar-refractivity contribution is -0.122. The predicted octanol–water partition coefficient (Wildman–Crippen LogP) is 1.51. The molecular weight excluding hydrogens is 238 g/mol. The SMILES string of the molecule is CN(CC(=O)NC1CCCCCC1)CC1CCCN1. The van der Waals surface area contributed by atoms with Crippen LogP contribution >= 0.6 is 0 Å². The van der Waals surface area contributed by atoms with E-state index in [-0.39, 0.29) is 5.91 Å². The molecule has 2 aliphatic rings. The second-order valence-electron chi connectivity index (χ2n) is 6.25. The van der Waals surface area contributed by atoms with Crippen molar-refractivity contribution in [1.29, 1.82) is 0 Å². The van der Waals surface area contributed by atoms with Gasteiger partial charge in [0.1, 0.15) is 0 Å². The number of likely N-dealkylation sites (N-methyl/N-ethyl adjacent to an activating group) is 1. The number of hydrogen-bond acceptors (Lipinski definition) is 3. The lowest BCUT2D eigenvalue weighted by Gasteiger charge is -2.22. The van der Waals surface area contributed by atoms with Gasteiger partial charge in [0.2, 0.25) is 5.91 Å². The van der Waals surface area contributed by atoms with Crippen LogP contribution in [0.4, 0.5) is 0 Å². The van der Waals surface area contributed by atoms with Gasteiger partial charge in [-0.3, -0.25) is 9.69 Å². The summed E-state index contributed by atoms with van der Waals surface area (Å²) in [5.74, 6) is 0.201. The van der Waals surface area contributed by atoms with Gasteiger partial charge in [-0.15, -0.1) is 0 Å². The molecule has 0 aromatic carbocycles. The lowest BCUT2D eigenvalue weighted by Crippen LogP contribution is -2.44. The van der Waals surface area contributed by atoms with Crippen LogP contribution in [0.3, 0.4) is 0 Å². The van der Waals surface area contributed by atoms with Gasteiger partial charge in [-0.05, 0) is 39.3 Å². The number of carbonyl (C=O) groups excluding carboxylic acids is 1. The molecule has 1 aliphatic carbocycles. The molecule has 0 bridgehead atoms. The first-order chi connectivity index (χ1) is 9.24. The monoisotopic (exact) mass is 267 g/mol. The van der Waals surface area contributed by atoms with E-state index in [0.29, 0.717) is 18.6 Å². The minimum absolute atomic E-state index is 0.201. The molecule has 2 N–H and O–H groups in total. The van der Waals surface area contributed by atoms with Gasteiger partial charge in [-0.25, -0.2) is 0 Å². The molecule has 0 aromatic rings. The first kappa shape index (κ1) is 14.8. The van der Waals surface area contributed by atoms with E-state index in [9.17, 15) is 4.79 Å². The minimum Gasteiger partial charge on any atom is -0.352 e. The Balaban J connectivity index is 1.64. The van der Waals surface area contributed by atoms with Crippen molar-refractivity contribution in [2.45, 2.75) is 63.5 Å². The standard InChI is InChI=1S/C15H29N3O/c1-18(11-14-9-6-10-16-14)12-15(19)17-13-7-4-2-3-5-8-13/h13-14,16H,2-12H2,1H3,(H,17,19). The Kier molecular flexibility index (Phi) is 6.11. The van der Waals surface area contributed by atoms with E-state index in [1.807, 2.05) is 7.05 Å². The average Bonchev–Trinajstić information content (AvgIpc) is 2.72. The summed E-state index contributed by atoms with van der Waals surface area (Å²) >= 11 is 0. The molecule has 1 unspecified atom stereocenters. The highest BCUT2D eigenvalue weighted by atomic mass is 16.2. The summed E-state index contributed by atoms with van der Waals surface area (Å²) in [4.78, 5) is 14.2. The summed E-state index contributed by atoms with van der Waals surface area (Å²) in [5.41, 5.74) is 0. The van der Waals surface area contributed by atoms with E-state index in [4.69, 9.17) is 0 Å². The normalized spacial score (nSPS) is 25.5. The second-order valence-corrected chi connectivity index (χ2v) is 6.25. The van der Waals surface area contributed by atoms with Gasteiger partial charge in [0.05, 0.1) is 6.54 Å². The Hall–Kier alpha value is -0.610. The van der Waals surface area contributed by atoms with Crippen molar-refractivity contribution in [2.75, 3.05) is 26.7 Å². The van der Waals surface area contributed by atoms with Crippen molar-refractivity contribution in [2.24, 2.45) is 0 Å². The third-order valence-corrected chi connectivity index (χ3v) is 4.33. The molecule has 0 aromatic heterocycles. The van der Waals surface area contributed by atoms with Gasteiger partial charge in [0, 0.05) is 18.6 Å². The summed E-state index contributed by atoms with van der Waals surface area (Å²) in [5, 5.41) is 6.69. The van der Waals surface area contributed by atoms with Crippen molar-refractivity contribution in [3.8, 4) is 0 Å². The first-order valence-corrected chi connectivity index (χ1v) is 7.95. The number of hydrogen-bond donors (Lipinski definition) is 2. The highest BCUT2D eigenvalue weighted by Gasteiger charge is 2.19. The maximum atomic E-state index is 12.0. The highest BCUT2D eigenvalue weighted by Crippen LogP contribution is 2.17. The van der Waals surface area contributed by atoms with Crippen LogP contribution in [0.15, 0.2) is 0 Å². The molecule has 4 nitrogen and oxygen atoms in total. The molecular formula is C15H29N3O. The van der Waals surface area contributed by atoms with Crippen molar-refractivity contribution in [3.63, 3.8) is 0 Å². The Bertz CT molecular complexity index is 269. The third-order valence-electron chi connectivity index (χ3n) is 4.33. The number of amides is 1. The maximum absolute atomic E-state index is 12.0. The minimum atomic E-state index is 0.201. The summed E-state index contributed by atoms with van der Waals surface area (Å²) < 4.78 is 0. The maximum Gasteiger partial charge on any atom is 0.234 e. The number of nitrogens with one attached hydrogen (secondary N) is 2. The lowest BCUT2D eigenvalue weighted by atomic mass is 10.1. The van der Waals surface area contributed by atoms with E-state index >= 15 is 0 Å². The summed E-state index contributed by atoms with van der Waals surface area (Å²) in [7, 11) is 2.05. The van der Waals surface area contributed by atoms with Crippen LogP contribution in [0.25, 0.3) is 0 Å². The first-order valence-electron chi connectivity index (χ1n) is 7.95. The molecule has 2 fully saturated rings. The summed E-state index contributed by atoms with van der Waals surface area (Å²) in [6.07, 6.45) is 10.1. The zero-order chi connectivity index (χ0) is 13.5. The van der Waals surface area contributed by atoms with Crippen molar-refractivity contribution >= 4 is 5.91 Å². The van der Waals surface area contributed by atoms with Crippen molar-refractivity contribution in [3.05, 3.63) is 0 Å². The number of rotatable bonds is 5. The summed E-state index contributed by atoms with van der Waals surface area (Å²) in [6.45, 7) is 2.65. The molecule has 2 rings (SSSR count). The molecule has 4 heteroatoms. The summed E-state index contributed by atoms with van der Waals surface area (Å²) in [6, 6.07) is 1.00. The van der Waals surface area contributed by atoms with Crippen LogP contribution in [0, 0.1) is 0 Å². The average molecular weight is 267 g/mol. The van der Waals surface area contributed by atoms with E-state index in [2.05, 4.69) is 15.5 Å². The largest absolute Gasteiger partial charge is 0.352 e. The van der Waals surface area contributed by atoms with Crippen LogP contribution in [-0.2, 0) is 4.79 Å². The van der Waals surface area contributed by atoms with Crippen molar-refractivity contribution in [1.82, 2.24) is 15.5 Å². The Morgan fingerprint density at radius 2 is 1.89 bits per heavy atom. The molecule has 19 heavy (non-hydrogen) atoms. The van der Waals surface area contributed by atoms with Gasteiger partial charge in [-0.2, -0.15) is 0 Å². The van der Waals surface area contributed by atoms with E-state index in [0.717, 1.165) is 13.1 Å². The van der Waals surface area contributed by atoms with Crippen LogP contribution in [0.2, 0.25) is 0 Å². The molecule has 0 radical (unpaired) electrons. The molecule has 1 heterocycles. The Morgan fingerprint density at radius 1 is 1.16 bits per heavy atom. The number of carbonyl (C=O) groups is 1. The zero-order valence-corrected chi connectivity index (χ0v) is 12.3. The molecule has 1 aliphatic heterocycles. The van der Waals surface area contributed by atoms with Gasteiger partial charge in [0.25, 0.3) is 0 Å². The topological polar surface area (TPSA) is 44.4 Å². The molecule has 0 spiro atoms. The van der Waals surface area contributed by atoms with Crippen LogP contribution in [0.5, 0.6) is 0 Å².